The van der Waals surface area contributed by atoms with Crippen LogP contribution in [0.15, 0.2) is 36.5 Å². The van der Waals surface area contributed by atoms with Gasteiger partial charge in [-0.3, -0.25) is 4.79 Å². The summed E-state index contributed by atoms with van der Waals surface area (Å²) in [6.07, 6.45) is 5.92. The Kier molecular flexibility index (Phi) is 5.55. The fraction of sp³-hybridized carbons (Fsp3) is 0.476. The first kappa shape index (κ1) is 18.4. The summed E-state index contributed by atoms with van der Waals surface area (Å²) in [6.45, 7) is 5.36. The number of benzene rings is 1. The van der Waals surface area contributed by atoms with Crippen molar-refractivity contribution in [1.29, 1.82) is 0 Å². The first-order valence-electron chi connectivity index (χ1n) is 9.39. The minimum Gasteiger partial charge on any atom is -0.481 e. The zero-order valence-corrected chi connectivity index (χ0v) is 15.6. The van der Waals surface area contributed by atoms with Crippen LogP contribution < -0.4 is 4.90 Å². The highest BCUT2D eigenvalue weighted by molar-refractivity contribution is 5.76. The fourth-order valence-corrected chi connectivity index (χ4v) is 3.90. The van der Waals surface area contributed by atoms with Gasteiger partial charge in [0.1, 0.15) is 11.6 Å². The van der Waals surface area contributed by atoms with Crippen molar-refractivity contribution >= 4 is 11.8 Å². The number of carboxylic acids is 1. The third-order valence-corrected chi connectivity index (χ3v) is 5.20. The van der Waals surface area contributed by atoms with E-state index in [0.717, 1.165) is 48.6 Å². The molecule has 0 aliphatic carbocycles. The summed E-state index contributed by atoms with van der Waals surface area (Å²) in [5.41, 5.74) is 1.41. The van der Waals surface area contributed by atoms with Crippen LogP contribution in [0.5, 0.6) is 0 Å². The van der Waals surface area contributed by atoms with E-state index >= 15 is 0 Å². The molecule has 3 rings (SSSR count). The molecule has 2 aromatic rings. The Morgan fingerprint density at radius 3 is 2.77 bits per heavy atom. The van der Waals surface area contributed by atoms with Gasteiger partial charge in [0.2, 0.25) is 0 Å². The highest BCUT2D eigenvalue weighted by atomic mass is 16.4. The van der Waals surface area contributed by atoms with Crippen LogP contribution >= 0.6 is 0 Å². The maximum atomic E-state index is 12.3. The molecule has 1 saturated heterocycles. The first-order chi connectivity index (χ1) is 12.5. The maximum Gasteiger partial charge on any atom is 0.311 e. The topological polar surface area (TPSA) is 66.3 Å². The highest BCUT2D eigenvalue weighted by Gasteiger charge is 2.43. The number of hydrogen-bond acceptors (Lipinski definition) is 4. The average Bonchev–Trinajstić information content (AvgIpc) is 2.64. The zero-order chi connectivity index (χ0) is 18.6. The quantitative estimate of drug-likeness (QED) is 0.859. The van der Waals surface area contributed by atoms with Gasteiger partial charge in [-0.2, -0.15) is 0 Å². The lowest BCUT2D eigenvalue weighted by molar-refractivity contribution is -0.149. The number of anilines is 1. The summed E-state index contributed by atoms with van der Waals surface area (Å²) in [5.74, 6) is 0.932. The predicted molar refractivity (Wildman–Crippen MR) is 102 cm³/mol. The Morgan fingerprint density at radius 2 is 2.08 bits per heavy atom. The second kappa shape index (κ2) is 7.85. The minimum atomic E-state index is -0.776. The molecule has 26 heavy (non-hydrogen) atoms. The van der Waals surface area contributed by atoms with Crippen LogP contribution in [0.25, 0.3) is 0 Å². The molecule has 1 atom stereocenters. The van der Waals surface area contributed by atoms with E-state index in [2.05, 4.69) is 21.8 Å². The van der Waals surface area contributed by atoms with Crippen molar-refractivity contribution in [3.05, 3.63) is 53.5 Å². The predicted octanol–water partition coefficient (Wildman–Crippen LogP) is 3.65. The van der Waals surface area contributed by atoms with E-state index < -0.39 is 11.4 Å². The fourth-order valence-electron chi connectivity index (χ4n) is 3.90. The lowest BCUT2D eigenvalue weighted by Gasteiger charge is -2.41. The lowest BCUT2D eigenvalue weighted by atomic mass is 9.75. The van der Waals surface area contributed by atoms with Crippen molar-refractivity contribution in [2.24, 2.45) is 5.41 Å². The molecule has 2 heterocycles. The van der Waals surface area contributed by atoms with Crippen molar-refractivity contribution in [3.63, 3.8) is 0 Å². The number of piperidine rings is 1. The molecule has 5 nitrogen and oxygen atoms in total. The summed E-state index contributed by atoms with van der Waals surface area (Å²) >= 11 is 0. The van der Waals surface area contributed by atoms with Crippen molar-refractivity contribution < 1.29 is 9.90 Å². The van der Waals surface area contributed by atoms with Gasteiger partial charge < -0.3 is 10.0 Å². The number of carbonyl (C=O) groups is 1. The second-order valence-electron chi connectivity index (χ2n) is 7.29. The molecule has 1 aliphatic rings. The molecule has 1 aromatic carbocycles. The third kappa shape index (κ3) is 3.87. The summed E-state index contributed by atoms with van der Waals surface area (Å²) in [5, 5.41) is 10.1. The molecule has 138 valence electrons. The second-order valence-corrected chi connectivity index (χ2v) is 7.29. The zero-order valence-electron chi connectivity index (χ0n) is 15.6. The molecule has 5 heteroatoms. The molecule has 0 bridgehead atoms. The number of aliphatic carboxylic acids is 1. The highest BCUT2D eigenvalue weighted by Crippen LogP contribution is 2.36. The SMILES string of the molecule is CCCc1cnc(C)nc1N1CCC[C@](Cc2ccccc2)(C(=O)O)C1. The number of hydrogen-bond donors (Lipinski definition) is 1. The Balaban J connectivity index is 1.91. The van der Waals surface area contributed by atoms with E-state index in [-0.39, 0.29) is 0 Å². The van der Waals surface area contributed by atoms with Gasteiger partial charge in [0.05, 0.1) is 5.41 Å². The molecule has 1 aromatic heterocycles. The summed E-state index contributed by atoms with van der Waals surface area (Å²) in [7, 11) is 0. The molecular formula is C21H27N3O2. The van der Waals surface area contributed by atoms with Crippen molar-refractivity contribution in [2.45, 2.75) is 46.0 Å². The molecule has 1 aliphatic heterocycles. The smallest absolute Gasteiger partial charge is 0.311 e. The van der Waals surface area contributed by atoms with Gasteiger partial charge >= 0.3 is 5.97 Å². The molecular weight excluding hydrogens is 326 g/mol. The number of rotatable bonds is 6. The first-order valence-corrected chi connectivity index (χ1v) is 9.39. The number of aryl methyl sites for hydroxylation is 2. The van der Waals surface area contributed by atoms with Crippen molar-refractivity contribution in [2.75, 3.05) is 18.0 Å². The Morgan fingerprint density at radius 1 is 1.31 bits per heavy atom. The van der Waals surface area contributed by atoms with E-state index in [0.29, 0.717) is 19.4 Å². The van der Waals surface area contributed by atoms with Gasteiger partial charge in [-0.15, -0.1) is 0 Å². The summed E-state index contributed by atoms with van der Waals surface area (Å²) < 4.78 is 0. The monoisotopic (exact) mass is 353 g/mol. The molecule has 0 radical (unpaired) electrons. The van der Waals surface area contributed by atoms with Crippen LogP contribution in [0.2, 0.25) is 0 Å². The van der Waals surface area contributed by atoms with Crippen LogP contribution in [-0.4, -0.2) is 34.1 Å². The van der Waals surface area contributed by atoms with Crippen molar-refractivity contribution in [3.8, 4) is 0 Å². The molecule has 0 saturated carbocycles. The Labute approximate surface area is 155 Å². The van der Waals surface area contributed by atoms with Gasteiger partial charge in [-0.05, 0) is 38.2 Å². The minimum absolute atomic E-state index is 0.490. The van der Waals surface area contributed by atoms with E-state index in [1.165, 1.54) is 0 Å². The third-order valence-electron chi connectivity index (χ3n) is 5.20. The summed E-state index contributed by atoms with van der Waals surface area (Å²) in [4.78, 5) is 23.5. The summed E-state index contributed by atoms with van der Waals surface area (Å²) in [6, 6.07) is 9.93. The van der Waals surface area contributed by atoms with Crippen LogP contribution in [0.1, 0.15) is 43.1 Å². The van der Waals surface area contributed by atoms with Gasteiger partial charge in [-0.25, -0.2) is 9.97 Å². The van der Waals surface area contributed by atoms with E-state index in [4.69, 9.17) is 0 Å². The van der Waals surface area contributed by atoms with Gasteiger partial charge in [0.15, 0.2) is 0 Å². The Hall–Kier alpha value is -2.43. The molecule has 1 N–H and O–H groups in total. The van der Waals surface area contributed by atoms with Crippen LogP contribution in [0.3, 0.4) is 0 Å². The van der Waals surface area contributed by atoms with E-state index in [1.807, 2.05) is 43.5 Å². The van der Waals surface area contributed by atoms with E-state index in [1.54, 1.807) is 0 Å². The van der Waals surface area contributed by atoms with E-state index in [9.17, 15) is 9.90 Å². The van der Waals surface area contributed by atoms with Gasteiger partial charge in [0.25, 0.3) is 0 Å². The lowest BCUT2D eigenvalue weighted by Crippen LogP contribution is -2.49. The van der Waals surface area contributed by atoms with Gasteiger partial charge in [0, 0.05) is 24.8 Å². The molecule has 1 fully saturated rings. The standard InChI is InChI=1S/C21H27N3O2/c1-3-8-18-14-22-16(2)23-19(18)24-12-7-11-21(15-24,20(25)26)13-17-9-5-4-6-10-17/h4-6,9-10,14H,3,7-8,11-13,15H2,1-2H3,(H,25,26)/t21-/m1/s1. The molecule has 0 unspecified atom stereocenters. The normalized spacial score (nSPS) is 20.2. The number of carboxylic acid groups (broad SMARTS) is 1. The Bertz CT molecular complexity index is 763. The van der Waals surface area contributed by atoms with Crippen LogP contribution in [0, 0.1) is 12.3 Å². The van der Waals surface area contributed by atoms with Crippen LogP contribution in [0.4, 0.5) is 5.82 Å². The van der Waals surface area contributed by atoms with Crippen molar-refractivity contribution in [1.82, 2.24) is 9.97 Å². The van der Waals surface area contributed by atoms with Gasteiger partial charge in [-0.1, -0.05) is 43.7 Å². The largest absolute Gasteiger partial charge is 0.481 e. The van der Waals surface area contributed by atoms with Crippen LogP contribution in [-0.2, 0) is 17.6 Å². The maximum absolute atomic E-state index is 12.3. The number of nitrogens with zero attached hydrogens (tertiary/aromatic N) is 3. The molecule has 0 amide bonds. The molecule has 0 spiro atoms. The number of aromatic nitrogens is 2. The average molecular weight is 353 g/mol.